The van der Waals surface area contributed by atoms with Crippen molar-refractivity contribution in [2.24, 2.45) is 0 Å². The Labute approximate surface area is 159 Å². The summed E-state index contributed by atoms with van der Waals surface area (Å²) < 4.78 is 0. The second-order valence-corrected chi connectivity index (χ2v) is 7.11. The Kier molecular flexibility index (Phi) is 7.79. The van der Waals surface area contributed by atoms with Crippen molar-refractivity contribution in [3.05, 3.63) is 39.9 Å². The minimum atomic E-state index is -0.151. The first kappa shape index (κ1) is 19.8. The number of nitrogens with zero attached hydrogens (tertiary/aromatic N) is 1. The Bertz CT molecular complexity index is 659. The van der Waals surface area contributed by atoms with E-state index in [1.54, 1.807) is 30.0 Å². The summed E-state index contributed by atoms with van der Waals surface area (Å²) >= 11 is 11.8. The molecule has 0 fully saturated rings. The maximum Gasteiger partial charge on any atom is 0.226 e. The first-order valence-electron chi connectivity index (χ1n) is 8.64. The van der Waals surface area contributed by atoms with Crippen LogP contribution in [-0.4, -0.2) is 29.8 Å². The zero-order chi connectivity index (χ0) is 18.2. The fourth-order valence-electron chi connectivity index (χ4n) is 2.87. The van der Waals surface area contributed by atoms with Gasteiger partial charge in [0.2, 0.25) is 11.8 Å². The fourth-order valence-corrected chi connectivity index (χ4v) is 3.17. The average Bonchev–Trinajstić information content (AvgIpc) is 2.58. The standard InChI is InChI=1S/C19H24Cl2N2O2/c1-14(24)23(11-9-15-5-3-2-4-6-15)12-10-19(25)22-16-7-8-17(20)18(21)13-16/h5,7-8,13H,2-4,6,9-12H2,1H3,(H,22,25). The molecule has 1 aliphatic carbocycles. The monoisotopic (exact) mass is 382 g/mol. The Morgan fingerprint density at radius 1 is 1.16 bits per heavy atom. The highest BCUT2D eigenvalue weighted by molar-refractivity contribution is 6.42. The van der Waals surface area contributed by atoms with Gasteiger partial charge in [-0.1, -0.05) is 34.9 Å². The summed E-state index contributed by atoms with van der Waals surface area (Å²) in [5.74, 6) is -0.153. The van der Waals surface area contributed by atoms with E-state index in [-0.39, 0.29) is 18.2 Å². The molecule has 0 saturated heterocycles. The third kappa shape index (κ3) is 6.71. The summed E-state index contributed by atoms with van der Waals surface area (Å²) in [4.78, 5) is 25.7. The van der Waals surface area contributed by atoms with Gasteiger partial charge in [0.05, 0.1) is 10.0 Å². The van der Waals surface area contributed by atoms with Gasteiger partial charge in [-0.2, -0.15) is 0 Å². The van der Waals surface area contributed by atoms with Crippen molar-refractivity contribution in [1.82, 2.24) is 4.90 Å². The van der Waals surface area contributed by atoms with E-state index in [0.29, 0.717) is 28.8 Å². The molecule has 0 aromatic heterocycles. The lowest BCUT2D eigenvalue weighted by Gasteiger charge is -2.22. The van der Waals surface area contributed by atoms with E-state index in [4.69, 9.17) is 23.2 Å². The normalized spacial score (nSPS) is 14.0. The van der Waals surface area contributed by atoms with Gasteiger partial charge in [0, 0.05) is 32.1 Å². The van der Waals surface area contributed by atoms with Gasteiger partial charge in [-0.25, -0.2) is 0 Å². The van der Waals surface area contributed by atoms with E-state index >= 15 is 0 Å². The van der Waals surface area contributed by atoms with Crippen LogP contribution >= 0.6 is 23.2 Å². The summed E-state index contributed by atoms with van der Waals surface area (Å²) in [6.07, 6.45) is 8.20. The third-order valence-corrected chi connectivity index (χ3v) is 5.08. The molecular formula is C19H24Cl2N2O2. The van der Waals surface area contributed by atoms with Gasteiger partial charge in [-0.3, -0.25) is 9.59 Å². The second-order valence-electron chi connectivity index (χ2n) is 6.29. The molecule has 1 N–H and O–H groups in total. The van der Waals surface area contributed by atoms with Crippen LogP contribution in [0.2, 0.25) is 10.0 Å². The van der Waals surface area contributed by atoms with Crippen molar-refractivity contribution in [3.63, 3.8) is 0 Å². The number of allylic oxidation sites excluding steroid dienone is 1. The minimum absolute atomic E-state index is 0.00116. The van der Waals surface area contributed by atoms with Gasteiger partial charge in [-0.15, -0.1) is 0 Å². The molecule has 1 aromatic carbocycles. The molecule has 4 nitrogen and oxygen atoms in total. The van der Waals surface area contributed by atoms with Crippen LogP contribution in [0.4, 0.5) is 5.69 Å². The molecule has 136 valence electrons. The molecule has 2 rings (SSSR count). The van der Waals surface area contributed by atoms with Crippen LogP contribution in [0.1, 0.15) is 45.4 Å². The largest absolute Gasteiger partial charge is 0.342 e. The Hall–Kier alpha value is -1.52. The number of amides is 2. The van der Waals surface area contributed by atoms with Gasteiger partial charge in [0.1, 0.15) is 0 Å². The Balaban J connectivity index is 1.80. The van der Waals surface area contributed by atoms with Gasteiger partial charge < -0.3 is 10.2 Å². The van der Waals surface area contributed by atoms with Crippen LogP contribution in [-0.2, 0) is 9.59 Å². The van der Waals surface area contributed by atoms with Crippen LogP contribution in [0.25, 0.3) is 0 Å². The van der Waals surface area contributed by atoms with E-state index in [2.05, 4.69) is 11.4 Å². The summed E-state index contributed by atoms with van der Waals surface area (Å²) in [6, 6.07) is 4.95. The van der Waals surface area contributed by atoms with Crippen LogP contribution in [0, 0.1) is 0 Å². The van der Waals surface area contributed by atoms with E-state index in [1.807, 2.05) is 0 Å². The van der Waals surface area contributed by atoms with E-state index in [1.165, 1.54) is 18.4 Å². The highest BCUT2D eigenvalue weighted by Crippen LogP contribution is 2.25. The lowest BCUT2D eigenvalue weighted by molar-refractivity contribution is -0.129. The Morgan fingerprint density at radius 3 is 2.60 bits per heavy atom. The minimum Gasteiger partial charge on any atom is -0.342 e. The first-order chi connectivity index (χ1) is 12.0. The molecule has 0 radical (unpaired) electrons. The molecule has 0 atom stereocenters. The second kappa shape index (κ2) is 9.83. The highest BCUT2D eigenvalue weighted by atomic mass is 35.5. The van der Waals surface area contributed by atoms with Gasteiger partial charge in [-0.05, 0) is 50.3 Å². The van der Waals surface area contributed by atoms with Crippen molar-refractivity contribution in [2.75, 3.05) is 18.4 Å². The number of hydrogen-bond acceptors (Lipinski definition) is 2. The SMILES string of the molecule is CC(=O)N(CCC(=O)Nc1ccc(Cl)c(Cl)c1)CCC1=CCCCC1. The maximum absolute atomic E-state index is 12.1. The van der Waals surface area contributed by atoms with Crippen molar-refractivity contribution >= 4 is 40.7 Å². The summed E-state index contributed by atoms with van der Waals surface area (Å²) in [5, 5.41) is 3.62. The highest BCUT2D eigenvalue weighted by Gasteiger charge is 2.13. The molecule has 0 unspecified atom stereocenters. The number of hydrogen-bond donors (Lipinski definition) is 1. The Morgan fingerprint density at radius 2 is 1.96 bits per heavy atom. The molecule has 0 aliphatic heterocycles. The lowest BCUT2D eigenvalue weighted by Crippen LogP contribution is -2.33. The number of benzene rings is 1. The molecule has 0 saturated carbocycles. The molecule has 2 amide bonds. The molecule has 0 bridgehead atoms. The summed E-state index contributed by atoms with van der Waals surface area (Å²) in [6.45, 7) is 2.63. The number of carbonyl (C=O) groups excluding carboxylic acids is 2. The summed E-state index contributed by atoms with van der Waals surface area (Å²) in [7, 11) is 0. The van der Waals surface area contributed by atoms with Crippen molar-refractivity contribution < 1.29 is 9.59 Å². The molecule has 0 spiro atoms. The zero-order valence-electron chi connectivity index (χ0n) is 14.5. The maximum atomic E-state index is 12.1. The zero-order valence-corrected chi connectivity index (χ0v) is 16.0. The topological polar surface area (TPSA) is 49.4 Å². The average molecular weight is 383 g/mol. The predicted octanol–water partition coefficient (Wildman–Crippen LogP) is 5.06. The summed E-state index contributed by atoms with van der Waals surface area (Å²) in [5.41, 5.74) is 2.03. The lowest BCUT2D eigenvalue weighted by atomic mass is 9.97. The number of anilines is 1. The van der Waals surface area contributed by atoms with Crippen LogP contribution in [0.15, 0.2) is 29.8 Å². The van der Waals surface area contributed by atoms with E-state index in [0.717, 1.165) is 19.3 Å². The smallest absolute Gasteiger partial charge is 0.226 e. The fraction of sp³-hybridized carbons (Fsp3) is 0.474. The molecule has 6 heteroatoms. The van der Waals surface area contributed by atoms with Crippen molar-refractivity contribution in [1.29, 1.82) is 0 Å². The van der Waals surface area contributed by atoms with Crippen molar-refractivity contribution in [3.8, 4) is 0 Å². The number of rotatable bonds is 7. The third-order valence-electron chi connectivity index (χ3n) is 4.35. The van der Waals surface area contributed by atoms with Gasteiger partial charge in [0.15, 0.2) is 0 Å². The van der Waals surface area contributed by atoms with E-state index in [9.17, 15) is 9.59 Å². The van der Waals surface area contributed by atoms with Crippen molar-refractivity contribution in [2.45, 2.75) is 45.4 Å². The van der Waals surface area contributed by atoms with E-state index < -0.39 is 0 Å². The quantitative estimate of drug-likeness (QED) is 0.669. The first-order valence-corrected chi connectivity index (χ1v) is 9.39. The van der Waals surface area contributed by atoms with Crippen LogP contribution < -0.4 is 5.32 Å². The van der Waals surface area contributed by atoms with Crippen LogP contribution in [0.5, 0.6) is 0 Å². The molecular weight excluding hydrogens is 359 g/mol. The van der Waals surface area contributed by atoms with Crippen LogP contribution in [0.3, 0.4) is 0 Å². The molecule has 1 aliphatic rings. The predicted molar refractivity (Wildman–Crippen MR) is 103 cm³/mol. The van der Waals surface area contributed by atoms with Gasteiger partial charge in [0.25, 0.3) is 0 Å². The number of nitrogens with one attached hydrogen (secondary N) is 1. The number of carbonyl (C=O) groups is 2. The number of halogens is 2. The molecule has 0 heterocycles. The molecule has 1 aromatic rings. The molecule has 25 heavy (non-hydrogen) atoms. The van der Waals surface area contributed by atoms with Gasteiger partial charge >= 0.3 is 0 Å².